The Bertz CT molecular complexity index is 240. The molecule has 5 nitrogen and oxygen atoms in total. The number of carboxylic acids is 1. The summed E-state index contributed by atoms with van der Waals surface area (Å²) in [6, 6.07) is 0. The number of amides is 1. The maximum Gasteiger partial charge on any atom is 0.410 e. The summed E-state index contributed by atoms with van der Waals surface area (Å²) in [6.45, 7) is 0.854. The molecule has 0 aromatic heterocycles. The van der Waals surface area contributed by atoms with Gasteiger partial charge in [-0.25, -0.2) is 4.79 Å². The monoisotopic (exact) mass is 171 g/mol. The average Bonchev–Trinajstić information content (AvgIpc) is 2.26. The summed E-state index contributed by atoms with van der Waals surface area (Å²) in [7, 11) is 0. The van der Waals surface area contributed by atoms with E-state index in [1.54, 1.807) is 0 Å². The second kappa shape index (κ2) is 2.36. The molecule has 2 bridgehead atoms. The Morgan fingerprint density at radius 1 is 1.58 bits per heavy atom. The summed E-state index contributed by atoms with van der Waals surface area (Å²) >= 11 is 0. The number of piperidine rings is 1. The Kier molecular flexibility index (Phi) is 1.46. The van der Waals surface area contributed by atoms with Crippen LogP contribution in [0.2, 0.25) is 0 Å². The van der Waals surface area contributed by atoms with E-state index in [4.69, 9.17) is 9.84 Å². The molecule has 0 aliphatic carbocycles. The number of carbonyl (C=O) groups is 2. The first kappa shape index (κ1) is 7.39. The number of hydrogen-bond donors (Lipinski definition) is 1. The molecule has 0 aromatic rings. The number of ether oxygens (including phenoxy) is 1. The van der Waals surface area contributed by atoms with Crippen molar-refractivity contribution in [2.24, 2.45) is 5.92 Å². The Morgan fingerprint density at radius 3 is 2.92 bits per heavy atom. The van der Waals surface area contributed by atoms with Crippen LogP contribution in [-0.4, -0.2) is 41.3 Å². The third-order valence-electron chi connectivity index (χ3n) is 2.29. The van der Waals surface area contributed by atoms with Crippen molar-refractivity contribution in [3.8, 4) is 0 Å². The highest BCUT2D eigenvalue weighted by molar-refractivity contribution is 5.75. The molecule has 1 N–H and O–H groups in total. The maximum absolute atomic E-state index is 10.9. The van der Waals surface area contributed by atoms with Crippen LogP contribution in [0.5, 0.6) is 0 Å². The molecule has 0 radical (unpaired) electrons. The predicted molar refractivity (Wildman–Crippen MR) is 37.6 cm³/mol. The molecular weight excluding hydrogens is 162 g/mol. The van der Waals surface area contributed by atoms with Gasteiger partial charge in [-0.15, -0.1) is 0 Å². The summed E-state index contributed by atoms with van der Waals surface area (Å²) < 4.78 is 4.89. The second-order valence-corrected chi connectivity index (χ2v) is 3.18. The largest absolute Gasteiger partial charge is 0.481 e. The molecule has 2 rings (SSSR count). The molecule has 5 heteroatoms. The van der Waals surface area contributed by atoms with Crippen molar-refractivity contribution in [2.75, 3.05) is 13.1 Å². The van der Waals surface area contributed by atoms with Gasteiger partial charge in [0, 0.05) is 13.0 Å². The SMILES string of the molecule is O=C(O)[C@H]1C[C@@H]2CN(C1)C(=O)O2. The summed E-state index contributed by atoms with van der Waals surface area (Å²) in [5.74, 6) is -1.29. The Hall–Kier alpha value is -1.26. The fourth-order valence-electron chi connectivity index (χ4n) is 1.68. The number of carboxylic acid groups (broad SMARTS) is 1. The number of nitrogens with zero attached hydrogens (tertiary/aromatic N) is 1. The van der Waals surface area contributed by atoms with Crippen molar-refractivity contribution in [1.82, 2.24) is 4.90 Å². The van der Waals surface area contributed by atoms with Crippen molar-refractivity contribution in [1.29, 1.82) is 0 Å². The van der Waals surface area contributed by atoms with E-state index in [0.717, 1.165) is 0 Å². The predicted octanol–water partition coefficient (Wildman–Crippen LogP) is -0.0883. The molecule has 0 unspecified atom stereocenters. The Balaban J connectivity index is 2.10. The molecule has 2 fully saturated rings. The van der Waals surface area contributed by atoms with Gasteiger partial charge in [-0.05, 0) is 0 Å². The molecule has 2 saturated heterocycles. The first-order chi connectivity index (χ1) is 5.66. The lowest BCUT2D eigenvalue weighted by Gasteiger charge is -2.23. The Morgan fingerprint density at radius 2 is 2.33 bits per heavy atom. The van der Waals surface area contributed by atoms with Crippen molar-refractivity contribution in [3.63, 3.8) is 0 Å². The zero-order valence-corrected chi connectivity index (χ0v) is 6.40. The van der Waals surface area contributed by atoms with Crippen molar-refractivity contribution >= 4 is 12.1 Å². The molecule has 12 heavy (non-hydrogen) atoms. The average molecular weight is 171 g/mol. The molecular formula is C7H9NO4. The minimum Gasteiger partial charge on any atom is -0.481 e. The summed E-state index contributed by atoms with van der Waals surface area (Å²) in [5.41, 5.74) is 0. The standard InChI is InChI=1S/C7H9NO4/c9-6(10)4-1-5-3-8(2-4)7(11)12-5/h4-5H,1-3H2,(H,9,10)/t4-,5+/m0/s1. The van der Waals surface area contributed by atoms with Gasteiger partial charge in [-0.2, -0.15) is 0 Å². The highest BCUT2D eigenvalue weighted by atomic mass is 16.6. The second-order valence-electron chi connectivity index (χ2n) is 3.18. The minimum atomic E-state index is -0.844. The van der Waals surface area contributed by atoms with E-state index >= 15 is 0 Å². The third-order valence-corrected chi connectivity index (χ3v) is 2.29. The van der Waals surface area contributed by atoms with Crippen LogP contribution in [-0.2, 0) is 9.53 Å². The van der Waals surface area contributed by atoms with Crippen LogP contribution in [0.15, 0.2) is 0 Å². The van der Waals surface area contributed by atoms with Crippen molar-refractivity contribution in [3.05, 3.63) is 0 Å². The highest BCUT2D eigenvalue weighted by Crippen LogP contribution is 2.25. The lowest BCUT2D eigenvalue weighted by Crippen LogP contribution is -2.39. The zero-order valence-electron chi connectivity index (χ0n) is 6.40. The normalized spacial score (nSPS) is 33.3. The minimum absolute atomic E-state index is 0.202. The van der Waals surface area contributed by atoms with Gasteiger partial charge in [-0.3, -0.25) is 4.79 Å². The van der Waals surface area contributed by atoms with Gasteiger partial charge in [0.1, 0.15) is 6.10 Å². The fraction of sp³-hybridized carbons (Fsp3) is 0.714. The molecule has 1 amide bonds. The first-order valence-corrected chi connectivity index (χ1v) is 3.85. The molecule has 0 spiro atoms. The van der Waals surface area contributed by atoms with E-state index in [1.807, 2.05) is 0 Å². The van der Waals surface area contributed by atoms with E-state index in [2.05, 4.69) is 0 Å². The topological polar surface area (TPSA) is 66.8 Å². The maximum atomic E-state index is 10.9. The molecule has 0 saturated carbocycles. The van der Waals surface area contributed by atoms with Crippen LogP contribution >= 0.6 is 0 Å². The van der Waals surface area contributed by atoms with Gasteiger partial charge in [0.05, 0.1) is 12.5 Å². The van der Waals surface area contributed by atoms with Crippen LogP contribution in [0.4, 0.5) is 4.79 Å². The molecule has 2 atom stereocenters. The van der Waals surface area contributed by atoms with Crippen LogP contribution in [0.3, 0.4) is 0 Å². The van der Waals surface area contributed by atoms with Gasteiger partial charge in [0.15, 0.2) is 0 Å². The molecule has 2 aliphatic rings. The van der Waals surface area contributed by atoms with E-state index in [1.165, 1.54) is 4.90 Å². The molecule has 0 aromatic carbocycles. The first-order valence-electron chi connectivity index (χ1n) is 3.85. The number of carbonyl (C=O) groups excluding carboxylic acids is 1. The van der Waals surface area contributed by atoms with E-state index in [-0.39, 0.29) is 12.2 Å². The summed E-state index contributed by atoms with van der Waals surface area (Å²) in [6.07, 6.45) is -0.117. The van der Waals surface area contributed by atoms with E-state index < -0.39 is 11.9 Å². The molecule has 2 heterocycles. The molecule has 2 aliphatic heterocycles. The number of hydrogen-bond acceptors (Lipinski definition) is 3. The number of rotatable bonds is 1. The molecule has 66 valence electrons. The quantitative estimate of drug-likeness (QED) is 0.598. The number of fused-ring (bicyclic) bond motifs is 2. The van der Waals surface area contributed by atoms with Gasteiger partial charge in [0.25, 0.3) is 0 Å². The zero-order chi connectivity index (χ0) is 8.72. The van der Waals surface area contributed by atoms with Gasteiger partial charge >= 0.3 is 12.1 Å². The van der Waals surface area contributed by atoms with Gasteiger partial charge in [-0.1, -0.05) is 0 Å². The highest BCUT2D eigenvalue weighted by Gasteiger charge is 2.41. The fourth-order valence-corrected chi connectivity index (χ4v) is 1.68. The van der Waals surface area contributed by atoms with Crippen molar-refractivity contribution in [2.45, 2.75) is 12.5 Å². The number of aliphatic carboxylic acids is 1. The summed E-state index contributed by atoms with van der Waals surface area (Å²) in [4.78, 5) is 23.0. The lowest BCUT2D eigenvalue weighted by atomic mass is 9.97. The van der Waals surface area contributed by atoms with Crippen molar-refractivity contribution < 1.29 is 19.4 Å². The van der Waals surface area contributed by atoms with Crippen LogP contribution < -0.4 is 0 Å². The van der Waals surface area contributed by atoms with Gasteiger partial charge < -0.3 is 14.7 Å². The third kappa shape index (κ3) is 1.01. The van der Waals surface area contributed by atoms with E-state index in [0.29, 0.717) is 19.5 Å². The summed E-state index contributed by atoms with van der Waals surface area (Å²) in [5, 5.41) is 8.69. The Labute approximate surface area is 68.9 Å². The van der Waals surface area contributed by atoms with E-state index in [9.17, 15) is 9.59 Å². The van der Waals surface area contributed by atoms with Crippen LogP contribution in [0.1, 0.15) is 6.42 Å². The van der Waals surface area contributed by atoms with Gasteiger partial charge in [0.2, 0.25) is 0 Å². The smallest absolute Gasteiger partial charge is 0.410 e. The van der Waals surface area contributed by atoms with Crippen LogP contribution in [0, 0.1) is 5.92 Å². The lowest BCUT2D eigenvalue weighted by molar-refractivity contribution is -0.143. The van der Waals surface area contributed by atoms with Crippen LogP contribution in [0.25, 0.3) is 0 Å².